The van der Waals surface area contributed by atoms with Crippen molar-refractivity contribution in [3.63, 3.8) is 0 Å². The summed E-state index contributed by atoms with van der Waals surface area (Å²) in [7, 11) is 0. The van der Waals surface area contributed by atoms with Crippen LogP contribution in [-0.4, -0.2) is 22.5 Å². The molecule has 0 unspecified atom stereocenters. The van der Waals surface area contributed by atoms with Crippen molar-refractivity contribution in [1.29, 1.82) is 0 Å². The molecule has 1 aromatic heterocycles. The van der Waals surface area contributed by atoms with E-state index in [2.05, 4.69) is 20.9 Å². The molecule has 4 rings (SSSR count). The average molecular weight is 401 g/mol. The van der Waals surface area contributed by atoms with Crippen molar-refractivity contribution < 1.29 is 13.9 Å². The molecule has 2 aromatic carbocycles. The first kappa shape index (κ1) is 16.1. The number of rotatable bonds is 3. The van der Waals surface area contributed by atoms with E-state index < -0.39 is 0 Å². The maximum Gasteiger partial charge on any atom is 0.410 e. The van der Waals surface area contributed by atoms with E-state index in [9.17, 15) is 4.79 Å². The van der Waals surface area contributed by atoms with Crippen molar-refractivity contribution >= 4 is 33.1 Å². The SMILES string of the molecule is O=C(OCc1ccccc1)N1CCC[C@H]1c1nc2ccc(Br)cc2o1. The minimum atomic E-state index is -0.324. The molecule has 2 heterocycles. The van der Waals surface area contributed by atoms with E-state index in [-0.39, 0.29) is 18.7 Å². The molecular formula is C19H17BrN2O3. The third-order valence-electron chi connectivity index (χ3n) is 4.34. The van der Waals surface area contributed by atoms with Crippen molar-refractivity contribution in [3.8, 4) is 0 Å². The molecule has 0 saturated carbocycles. The molecule has 1 atom stereocenters. The number of halogens is 1. The van der Waals surface area contributed by atoms with Crippen LogP contribution >= 0.6 is 15.9 Å². The lowest BCUT2D eigenvalue weighted by molar-refractivity contribution is 0.0881. The molecule has 0 bridgehead atoms. The Hall–Kier alpha value is -2.34. The predicted octanol–water partition coefficient (Wildman–Crippen LogP) is 5.06. The first-order valence-electron chi connectivity index (χ1n) is 8.24. The van der Waals surface area contributed by atoms with Gasteiger partial charge in [0.2, 0.25) is 5.89 Å². The molecule has 6 heteroatoms. The quantitative estimate of drug-likeness (QED) is 0.615. The fraction of sp³-hybridized carbons (Fsp3) is 0.263. The minimum Gasteiger partial charge on any atom is -0.445 e. The van der Waals surface area contributed by atoms with Crippen LogP contribution < -0.4 is 0 Å². The summed E-state index contributed by atoms with van der Waals surface area (Å²) in [5.41, 5.74) is 2.48. The van der Waals surface area contributed by atoms with Crippen molar-refractivity contribution in [3.05, 3.63) is 64.5 Å². The number of hydrogen-bond donors (Lipinski definition) is 0. The van der Waals surface area contributed by atoms with E-state index in [1.54, 1.807) is 4.90 Å². The van der Waals surface area contributed by atoms with Gasteiger partial charge in [0.25, 0.3) is 0 Å². The number of carbonyl (C=O) groups excluding carboxylic acids is 1. The normalized spacial score (nSPS) is 17.2. The molecule has 0 spiro atoms. The molecule has 25 heavy (non-hydrogen) atoms. The van der Waals surface area contributed by atoms with E-state index in [0.29, 0.717) is 18.0 Å². The number of carbonyl (C=O) groups is 1. The first-order chi connectivity index (χ1) is 12.2. The number of nitrogens with zero attached hydrogens (tertiary/aromatic N) is 2. The van der Waals surface area contributed by atoms with Crippen LogP contribution in [0, 0.1) is 0 Å². The number of ether oxygens (including phenoxy) is 1. The van der Waals surface area contributed by atoms with Crippen LogP contribution in [-0.2, 0) is 11.3 Å². The lowest BCUT2D eigenvalue weighted by atomic mass is 10.2. The van der Waals surface area contributed by atoms with Crippen LogP contribution in [0.4, 0.5) is 4.79 Å². The smallest absolute Gasteiger partial charge is 0.410 e. The lowest BCUT2D eigenvalue weighted by Gasteiger charge is -2.21. The van der Waals surface area contributed by atoms with Crippen LogP contribution in [0.5, 0.6) is 0 Å². The van der Waals surface area contributed by atoms with Crippen molar-refractivity contribution in [2.24, 2.45) is 0 Å². The van der Waals surface area contributed by atoms with Gasteiger partial charge in [-0.2, -0.15) is 0 Å². The largest absolute Gasteiger partial charge is 0.445 e. The summed E-state index contributed by atoms with van der Waals surface area (Å²) in [4.78, 5) is 18.8. The van der Waals surface area contributed by atoms with Gasteiger partial charge in [0.05, 0.1) is 0 Å². The van der Waals surface area contributed by atoms with Gasteiger partial charge in [-0.25, -0.2) is 9.78 Å². The molecule has 0 aliphatic carbocycles. The molecular weight excluding hydrogens is 384 g/mol. The Bertz CT molecular complexity index is 894. The molecule has 1 amide bonds. The van der Waals surface area contributed by atoms with Crippen molar-refractivity contribution in [2.75, 3.05) is 6.54 Å². The zero-order valence-electron chi connectivity index (χ0n) is 13.5. The zero-order valence-corrected chi connectivity index (χ0v) is 15.1. The second kappa shape index (κ2) is 6.88. The Morgan fingerprint density at radius 3 is 2.96 bits per heavy atom. The van der Waals surface area contributed by atoms with Gasteiger partial charge in [-0.15, -0.1) is 0 Å². The Kier molecular flexibility index (Phi) is 4.44. The summed E-state index contributed by atoms with van der Waals surface area (Å²) in [6, 6.07) is 15.2. The van der Waals surface area contributed by atoms with E-state index >= 15 is 0 Å². The topological polar surface area (TPSA) is 55.6 Å². The highest BCUT2D eigenvalue weighted by Crippen LogP contribution is 2.34. The van der Waals surface area contributed by atoms with Crippen LogP contribution in [0.25, 0.3) is 11.1 Å². The van der Waals surface area contributed by atoms with Gasteiger partial charge in [0.15, 0.2) is 5.58 Å². The summed E-state index contributed by atoms with van der Waals surface area (Å²) >= 11 is 3.43. The van der Waals surface area contributed by atoms with Gasteiger partial charge >= 0.3 is 6.09 Å². The third-order valence-corrected chi connectivity index (χ3v) is 4.84. The van der Waals surface area contributed by atoms with Crippen molar-refractivity contribution in [1.82, 2.24) is 9.88 Å². The highest BCUT2D eigenvalue weighted by molar-refractivity contribution is 9.10. The Morgan fingerprint density at radius 1 is 1.28 bits per heavy atom. The third kappa shape index (κ3) is 3.39. The standard InChI is InChI=1S/C19H17BrN2O3/c20-14-8-9-15-17(11-14)25-18(21-15)16-7-4-10-22(16)19(23)24-12-13-5-2-1-3-6-13/h1-3,5-6,8-9,11,16H,4,7,10,12H2/t16-/m0/s1. The molecule has 3 aromatic rings. The second-order valence-electron chi connectivity index (χ2n) is 6.06. The maximum absolute atomic E-state index is 12.5. The van der Waals surface area contributed by atoms with Crippen LogP contribution in [0.2, 0.25) is 0 Å². The average Bonchev–Trinajstić information content (AvgIpc) is 3.26. The number of aromatic nitrogens is 1. The molecule has 0 N–H and O–H groups in total. The highest BCUT2D eigenvalue weighted by Gasteiger charge is 2.34. The summed E-state index contributed by atoms with van der Waals surface area (Å²) in [6.45, 7) is 0.921. The van der Waals surface area contributed by atoms with Gasteiger partial charge in [0.1, 0.15) is 18.2 Å². The van der Waals surface area contributed by atoms with Gasteiger partial charge in [-0.1, -0.05) is 46.3 Å². The number of oxazole rings is 1. The summed E-state index contributed by atoms with van der Waals surface area (Å²) in [5.74, 6) is 0.572. The number of likely N-dealkylation sites (tertiary alicyclic amines) is 1. The van der Waals surface area contributed by atoms with Crippen LogP contribution in [0.15, 0.2) is 57.4 Å². The first-order valence-corrected chi connectivity index (χ1v) is 9.03. The number of hydrogen-bond acceptors (Lipinski definition) is 4. The number of benzene rings is 2. The Balaban J connectivity index is 1.50. The van der Waals surface area contributed by atoms with Gasteiger partial charge < -0.3 is 9.15 Å². The van der Waals surface area contributed by atoms with Crippen LogP contribution in [0.1, 0.15) is 30.3 Å². The molecule has 1 aliphatic heterocycles. The lowest BCUT2D eigenvalue weighted by Crippen LogP contribution is -2.31. The summed E-state index contributed by atoms with van der Waals surface area (Å²) in [6.07, 6.45) is 1.41. The highest BCUT2D eigenvalue weighted by atomic mass is 79.9. The predicted molar refractivity (Wildman–Crippen MR) is 97.0 cm³/mol. The molecule has 1 saturated heterocycles. The minimum absolute atomic E-state index is 0.172. The molecule has 0 radical (unpaired) electrons. The number of fused-ring (bicyclic) bond motifs is 1. The zero-order chi connectivity index (χ0) is 17.2. The fourth-order valence-corrected chi connectivity index (χ4v) is 3.44. The summed E-state index contributed by atoms with van der Waals surface area (Å²) < 4.78 is 12.3. The fourth-order valence-electron chi connectivity index (χ4n) is 3.10. The molecule has 1 aliphatic rings. The van der Waals surface area contributed by atoms with Crippen molar-refractivity contribution in [2.45, 2.75) is 25.5 Å². The maximum atomic E-state index is 12.5. The van der Waals surface area contributed by atoms with Gasteiger partial charge in [0, 0.05) is 11.0 Å². The molecule has 1 fully saturated rings. The molecule has 128 valence electrons. The second-order valence-corrected chi connectivity index (χ2v) is 6.97. The van der Waals surface area contributed by atoms with E-state index in [1.165, 1.54) is 0 Å². The Labute approximate surface area is 153 Å². The Morgan fingerprint density at radius 2 is 2.12 bits per heavy atom. The number of amides is 1. The van der Waals surface area contributed by atoms with Crippen LogP contribution in [0.3, 0.4) is 0 Å². The van der Waals surface area contributed by atoms with E-state index in [0.717, 1.165) is 28.4 Å². The monoisotopic (exact) mass is 400 g/mol. The van der Waals surface area contributed by atoms with Gasteiger partial charge in [-0.05, 0) is 36.6 Å². The van der Waals surface area contributed by atoms with E-state index in [4.69, 9.17) is 9.15 Å². The van der Waals surface area contributed by atoms with E-state index in [1.807, 2.05) is 48.5 Å². The molecule has 5 nitrogen and oxygen atoms in total. The summed E-state index contributed by atoms with van der Waals surface area (Å²) in [5, 5.41) is 0. The van der Waals surface area contributed by atoms with Gasteiger partial charge in [-0.3, -0.25) is 4.90 Å².